The number of amides is 1. The zero-order chi connectivity index (χ0) is 12.1. The Kier molecular flexibility index (Phi) is 7.07. The molecule has 1 rings (SSSR count). The molecule has 0 spiro atoms. The molecule has 0 aliphatic heterocycles. The fraction of sp³-hybridized carbons (Fsp3) is 0.417. The number of carbonyl (C=O) groups excluding carboxylic acids is 1. The van der Waals surface area contributed by atoms with Crippen LogP contribution >= 0.6 is 24.2 Å². The largest absolute Gasteiger partial charge is 0.399 e. The number of rotatable bonds is 4. The molecule has 0 saturated heterocycles. The van der Waals surface area contributed by atoms with E-state index in [1.165, 1.54) is 0 Å². The van der Waals surface area contributed by atoms with Crippen molar-refractivity contribution >= 4 is 41.5 Å². The van der Waals surface area contributed by atoms with Gasteiger partial charge in [0.05, 0.1) is 0 Å². The van der Waals surface area contributed by atoms with Crippen molar-refractivity contribution in [3.8, 4) is 0 Å². The maximum absolute atomic E-state index is 11.8. The summed E-state index contributed by atoms with van der Waals surface area (Å²) in [6.07, 6.45) is 2.00. The molecule has 0 heterocycles. The first-order chi connectivity index (χ1) is 7.54. The Morgan fingerprint density at radius 1 is 1.53 bits per heavy atom. The Labute approximate surface area is 113 Å². The molecule has 96 valence electrons. The molecule has 0 aliphatic carbocycles. The lowest BCUT2D eigenvalue weighted by atomic mass is 10.1. The van der Waals surface area contributed by atoms with Crippen LogP contribution in [0.5, 0.6) is 0 Å². The number of hydrogen-bond donors (Lipinski definition) is 2. The molecule has 3 N–H and O–H groups in total. The van der Waals surface area contributed by atoms with Gasteiger partial charge in [0.15, 0.2) is 0 Å². The first kappa shape index (κ1) is 16.1. The van der Waals surface area contributed by atoms with Crippen molar-refractivity contribution in [1.82, 2.24) is 0 Å². The summed E-state index contributed by atoms with van der Waals surface area (Å²) < 4.78 is 0. The van der Waals surface area contributed by atoms with E-state index in [-0.39, 0.29) is 24.2 Å². The molecule has 0 aromatic heterocycles. The summed E-state index contributed by atoms with van der Waals surface area (Å²) in [5, 5.41) is 2.90. The molecule has 1 atom stereocenters. The third-order valence-corrected chi connectivity index (χ3v) is 3.22. The van der Waals surface area contributed by atoms with E-state index >= 15 is 0 Å². The van der Waals surface area contributed by atoms with Crippen molar-refractivity contribution in [1.29, 1.82) is 0 Å². The fourth-order valence-electron chi connectivity index (χ4n) is 1.36. The average Bonchev–Trinajstić information content (AvgIpc) is 2.23. The van der Waals surface area contributed by atoms with E-state index < -0.39 is 0 Å². The number of carbonyl (C=O) groups is 1. The molecule has 0 aliphatic rings. The Morgan fingerprint density at radius 3 is 2.76 bits per heavy atom. The van der Waals surface area contributed by atoms with E-state index in [1.54, 1.807) is 17.8 Å². The van der Waals surface area contributed by atoms with Crippen molar-refractivity contribution in [2.24, 2.45) is 5.92 Å². The van der Waals surface area contributed by atoms with Gasteiger partial charge in [0.2, 0.25) is 5.91 Å². The minimum absolute atomic E-state index is 0. The van der Waals surface area contributed by atoms with Crippen LogP contribution in [0.2, 0.25) is 0 Å². The van der Waals surface area contributed by atoms with Crippen LogP contribution in [0, 0.1) is 12.8 Å². The first-order valence-electron chi connectivity index (χ1n) is 5.20. The number of thioether (sulfide) groups is 1. The van der Waals surface area contributed by atoms with Crippen LogP contribution in [0.25, 0.3) is 0 Å². The lowest BCUT2D eigenvalue weighted by Crippen LogP contribution is -2.22. The van der Waals surface area contributed by atoms with Gasteiger partial charge in [-0.05, 0) is 30.9 Å². The second kappa shape index (κ2) is 7.45. The van der Waals surface area contributed by atoms with E-state index in [0.29, 0.717) is 5.69 Å². The van der Waals surface area contributed by atoms with Crippen LogP contribution in [-0.2, 0) is 4.79 Å². The Bertz CT molecular complexity index is 385. The monoisotopic (exact) mass is 274 g/mol. The minimum atomic E-state index is 0. The molecule has 0 radical (unpaired) electrons. The van der Waals surface area contributed by atoms with Crippen molar-refractivity contribution < 1.29 is 4.79 Å². The van der Waals surface area contributed by atoms with Gasteiger partial charge in [0, 0.05) is 23.0 Å². The highest BCUT2D eigenvalue weighted by atomic mass is 35.5. The van der Waals surface area contributed by atoms with Gasteiger partial charge in [-0.15, -0.1) is 12.4 Å². The molecule has 0 saturated carbocycles. The predicted octanol–water partition coefficient (Wildman–Crippen LogP) is 2.94. The molecule has 1 aromatic rings. The van der Waals surface area contributed by atoms with Crippen LogP contribution in [0.1, 0.15) is 12.5 Å². The van der Waals surface area contributed by atoms with Crippen LogP contribution in [-0.4, -0.2) is 17.9 Å². The summed E-state index contributed by atoms with van der Waals surface area (Å²) in [4.78, 5) is 11.8. The lowest BCUT2D eigenvalue weighted by molar-refractivity contribution is -0.118. The molecule has 1 aromatic carbocycles. The quantitative estimate of drug-likeness (QED) is 0.830. The summed E-state index contributed by atoms with van der Waals surface area (Å²) >= 11 is 1.67. The van der Waals surface area contributed by atoms with Crippen molar-refractivity contribution in [2.75, 3.05) is 23.1 Å². The van der Waals surface area contributed by atoms with Crippen LogP contribution in [0.3, 0.4) is 0 Å². The Morgan fingerprint density at radius 2 is 2.18 bits per heavy atom. The van der Waals surface area contributed by atoms with Crippen LogP contribution in [0.15, 0.2) is 18.2 Å². The molecule has 3 nitrogen and oxygen atoms in total. The van der Waals surface area contributed by atoms with E-state index in [9.17, 15) is 4.79 Å². The number of nitrogens with two attached hydrogens (primary N) is 1. The van der Waals surface area contributed by atoms with Crippen LogP contribution in [0.4, 0.5) is 11.4 Å². The Balaban J connectivity index is 0.00000256. The summed E-state index contributed by atoms with van der Waals surface area (Å²) in [6.45, 7) is 3.88. The molecule has 17 heavy (non-hydrogen) atoms. The van der Waals surface area contributed by atoms with Gasteiger partial charge in [0.1, 0.15) is 0 Å². The van der Waals surface area contributed by atoms with Gasteiger partial charge < -0.3 is 11.1 Å². The maximum Gasteiger partial charge on any atom is 0.228 e. The number of anilines is 2. The molecular weight excluding hydrogens is 256 g/mol. The molecular formula is C12H19ClN2OS. The highest BCUT2D eigenvalue weighted by Gasteiger charge is 2.13. The fourth-order valence-corrected chi connectivity index (χ4v) is 2.01. The summed E-state index contributed by atoms with van der Waals surface area (Å²) in [7, 11) is 0. The SMILES string of the molecule is CSCC(C)C(=O)Nc1cc(N)ccc1C.Cl. The standard InChI is InChI=1S/C12H18N2OS.ClH/c1-8-4-5-10(13)6-11(8)14-12(15)9(2)7-16-3;/h4-6,9H,7,13H2,1-3H3,(H,14,15);1H. The van der Waals surface area contributed by atoms with Gasteiger partial charge in [-0.2, -0.15) is 11.8 Å². The van der Waals surface area contributed by atoms with Gasteiger partial charge in [-0.3, -0.25) is 4.79 Å². The van der Waals surface area contributed by atoms with Crippen LogP contribution < -0.4 is 11.1 Å². The number of nitrogen functional groups attached to an aromatic ring is 1. The zero-order valence-corrected chi connectivity index (χ0v) is 12.0. The van der Waals surface area contributed by atoms with Gasteiger partial charge >= 0.3 is 0 Å². The van der Waals surface area contributed by atoms with Gasteiger partial charge in [-0.1, -0.05) is 13.0 Å². The average molecular weight is 275 g/mol. The highest BCUT2D eigenvalue weighted by Crippen LogP contribution is 2.19. The first-order valence-corrected chi connectivity index (χ1v) is 6.60. The van der Waals surface area contributed by atoms with E-state index in [1.807, 2.05) is 32.2 Å². The lowest BCUT2D eigenvalue weighted by Gasteiger charge is -2.13. The van der Waals surface area contributed by atoms with E-state index in [4.69, 9.17) is 5.73 Å². The predicted molar refractivity (Wildman–Crippen MR) is 79.0 cm³/mol. The zero-order valence-electron chi connectivity index (χ0n) is 10.3. The summed E-state index contributed by atoms with van der Waals surface area (Å²) in [6, 6.07) is 5.53. The second-order valence-electron chi connectivity index (χ2n) is 3.92. The number of aryl methyl sites for hydroxylation is 1. The van der Waals surface area contributed by atoms with Crippen molar-refractivity contribution in [2.45, 2.75) is 13.8 Å². The highest BCUT2D eigenvalue weighted by molar-refractivity contribution is 7.98. The van der Waals surface area contributed by atoms with Gasteiger partial charge in [-0.25, -0.2) is 0 Å². The third-order valence-electron chi connectivity index (χ3n) is 2.38. The summed E-state index contributed by atoms with van der Waals surface area (Å²) in [5.74, 6) is 0.881. The number of benzene rings is 1. The smallest absolute Gasteiger partial charge is 0.228 e. The number of nitrogens with one attached hydrogen (secondary N) is 1. The summed E-state index contributed by atoms with van der Waals surface area (Å²) in [5.41, 5.74) is 8.18. The normalized spacial score (nSPS) is 11.5. The van der Waals surface area contributed by atoms with Gasteiger partial charge in [0.25, 0.3) is 0 Å². The number of halogens is 1. The topological polar surface area (TPSA) is 55.1 Å². The molecule has 1 amide bonds. The van der Waals surface area contributed by atoms with E-state index in [0.717, 1.165) is 17.0 Å². The maximum atomic E-state index is 11.8. The molecule has 5 heteroatoms. The second-order valence-corrected chi connectivity index (χ2v) is 4.83. The minimum Gasteiger partial charge on any atom is -0.399 e. The Hall–Kier alpha value is -0.870. The van der Waals surface area contributed by atoms with Crippen molar-refractivity contribution in [3.63, 3.8) is 0 Å². The number of hydrogen-bond acceptors (Lipinski definition) is 3. The molecule has 0 fully saturated rings. The van der Waals surface area contributed by atoms with Crippen molar-refractivity contribution in [3.05, 3.63) is 23.8 Å². The molecule has 1 unspecified atom stereocenters. The third kappa shape index (κ3) is 4.88. The van der Waals surface area contributed by atoms with E-state index in [2.05, 4.69) is 5.32 Å². The molecule has 0 bridgehead atoms.